The van der Waals surface area contributed by atoms with Gasteiger partial charge in [-0.05, 0) is 51.5 Å². The quantitative estimate of drug-likeness (QED) is 0.716. The van der Waals surface area contributed by atoms with E-state index in [2.05, 4.69) is 15.5 Å². The summed E-state index contributed by atoms with van der Waals surface area (Å²) in [5, 5.41) is 12.1. The molecular formula is C19H21ClFN5O. The van der Waals surface area contributed by atoms with Gasteiger partial charge in [-0.2, -0.15) is 10.2 Å². The van der Waals surface area contributed by atoms with Crippen molar-refractivity contribution in [3.8, 4) is 0 Å². The van der Waals surface area contributed by atoms with Gasteiger partial charge in [-0.1, -0.05) is 17.7 Å². The number of hydrogen-bond donors (Lipinski definition) is 1. The molecule has 2 aromatic heterocycles. The first-order chi connectivity index (χ1) is 12.8. The van der Waals surface area contributed by atoms with Gasteiger partial charge in [0, 0.05) is 11.2 Å². The fourth-order valence-corrected chi connectivity index (χ4v) is 3.07. The predicted octanol–water partition coefficient (Wildman–Crippen LogP) is 4.05. The van der Waals surface area contributed by atoms with Crippen molar-refractivity contribution in [1.29, 1.82) is 0 Å². The lowest BCUT2D eigenvalue weighted by Gasteiger charge is -2.13. The number of aromatic nitrogens is 4. The Morgan fingerprint density at radius 3 is 2.63 bits per heavy atom. The van der Waals surface area contributed by atoms with Crippen molar-refractivity contribution in [3.63, 3.8) is 0 Å². The van der Waals surface area contributed by atoms with Crippen molar-refractivity contribution in [3.05, 3.63) is 63.9 Å². The lowest BCUT2D eigenvalue weighted by molar-refractivity contribution is -0.119. The van der Waals surface area contributed by atoms with E-state index in [9.17, 15) is 9.18 Å². The number of rotatable bonds is 5. The molecule has 0 aliphatic carbocycles. The first kappa shape index (κ1) is 19.1. The summed E-state index contributed by atoms with van der Waals surface area (Å²) in [5.41, 5.74) is 3.76. The minimum atomic E-state index is -0.451. The number of nitrogens with zero attached hydrogens (tertiary/aromatic N) is 4. The normalized spacial score (nSPS) is 12.2. The van der Waals surface area contributed by atoms with E-state index in [1.165, 1.54) is 12.1 Å². The zero-order chi connectivity index (χ0) is 19.7. The number of halogens is 2. The van der Waals surface area contributed by atoms with E-state index < -0.39 is 6.04 Å². The summed E-state index contributed by atoms with van der Waals surface area (Å²) in [6.45, 7) is 7.74. The molecule has 27 heavy (non-hydrogen) atoms. The van der Waals surface area contributed by atoms with E-state index in [0.717, 1.165) is 17.0 Å². The molecule has 0 fully saturated rings. The van der Waals surface area contributed by atoms with Gasteiger partial charge in [-0.3, -0.25) is 14.2 Å². The lowest BCUT2D eigenvalue weighted by atomic mass is 10.2. The molecule has 1 aromatic carbocycles. The molecule has 2 heterocycles. The van der Waals surface area contributed by atoms with Gasteiger partial charge in [0.2, 0.25) is 5.91 Å². The number of carbonyl (C=O) groups is 1. The van der Waals surface area contributed by atoms with E-state index in [0.29, 0.717) is 22.9 Å². The standard InChI is InChI=1S/C19H21ClFN5O/c1-11-7-8-25(23-11)14(4)19(27)22-18-12(2)24-26(13(18)3)10-15-5-6-16(21)9-17(15)20/h5-9,14H,10H2,1-4H3,(H,22,27). The molecule has 0 bridgehead atoms. The Kier molecular flexibility index (Phi) is 5.32. The molecule has 1 amide bonds. The Balaban J connectivity index is 1.80. The molecule has 3 rings (SSSR count). The minimum Gasteiger partial charge on any atom is -0.321 e. The van der Waals surface area contributed by atoms with Gasteiger partial charge >= 0.3 is 0 Å². The first-order valence-corrected chi connectivity index (χ1v) is 8.94. The molecule has 1 atom stereocenters. The van der Waals surface area contributed by atoms with Crippen molar-refractivity contribution >= 4 is 23.2 Å². The van der Waals surface area contributed by atoms with Crippen LogP contribution in [0.5, 0.6) is 0 Å². The van der Waals surface area contributed by atoms with Crippen molar-refractivity contribution in [2.75, 3.05) is 5.32 Å². The molecular weight excluding hydrogens is 369 g/mol. The molecule has 0 radical (unpaired) electrons. The number of carbonyl (C=O) groups excluding carboxylic acids is 1. The Morgan fingerprint density at radius 2 is 2.00 bits per heavy atom. The molecule has 1 unspecified atom stereocenters. The Morgan fingerprint density at radius 1 is 1.26 bits per heavy atom. The molecule has 1 N–H and O–H groups in total. The van der Waals surface area contributed by atoms with Crippen LogP contribution in [0.15, 0.2) is 30.5 Å². The highest BCUT2D eigenvalue weighted by Crippen LogP contribution is 2.24. The van der Waals surface area contributed by atoms with Crippen molar-refractivity contribution < 1.29 is 9.18 Å². The van der Waals surface area contributed by atoms with Crippen LogP contribution in [0, 0.1) is 26.6 Å². The van der Waals surface area contributed by atoms with E-state index in [1.807, 2.05) is 26.8 Å². The van der Waals surface area contributed by atoms with E-state index in [4.69, 9.17) is 11.6 Å². The van der Waals surface area contributed by atoms with Crippen molar-refractivity contribution in [2.45, 2.75) is 40.3 Å². The Bertz CT molecular complexity index is 994. The van der Waals surface area contributed by atoms with Crippen LogP contribution in [0.3, 0.4) is 0 Å². The average molecular weight is 390 g/mol. The first-order valence-electron chi connectivity index (χ1n) is 8.57. The second-order valence-electron chi connectivity index (χ2n) is 6.54. The topological polar surface area (TPSA) is 64.7 Å². The maximum atomic E-state index is 13.2. The van der Waals surface area contributed by atoms with Crippen LogP contribution < -0.4 is 5.32 Å². The summed E-state index contributed by atoms with van der Waals surface area (Å²) in [4.78, 5) is 12.6. The smallest absolute Gasteiger partial charge is 0.249 e. The summed E-state index contributed by atoms with van der Waals surface area (Å²) < 4.78 is 16.6. The maximum Gasteiger partial charge on any atom is 0.249 e. The fraction of sp³-hybridized carbons (Fsp3) is 0.316. The van der Waals surface area contributed by atoms with Crippen LogP contribution in [0.1, 0.15) is 35.6 Å². The molecule has 3 aromatic rings. The molecule has 0 aliphatic rings. The molecule has 0 saturated carbocycles. The average Bonchev–Trinajstić information content (AvgIpc) is 3.15. The summed E-state index contributed by atoms with van der Waals surface area (Å²) in [7, 11) is 0. The molecule has 6 nitrogen and oxygen atoms in total. The zero-order valence-electron chi connectivity index (χ0n) is 15.6. The number of anilines is 1. The van der Waals surface area contributed by atoms with Crippen molar-refractivity contribution in [1.82, 2.24) is 19.6 Å². The van der Waals surface area contributed by atoms with Gasteiger partial charge in [0.15, 0.2) is 0 Å². The fourth-order valence-electron chi connectivity index (χ4n) is 2.84. The summed E-state index contributed by atoms with van der Waals surface area (Å²) in [6, 6.07) is 5.68. The number of benzene rings is 1. The monoisotopic (exact) mass is 389 g/mol. The lowest BCUT2D eigenvalue weighted by Crippen LogP contribution is -2.24. The van der Waals surface area contributed by atoms with E-state index >= 15 is 0 Å². The van der Waals surface area contributed by atoms with Crippen LogP contribution >= 0.6 is 11.6 Å². The summed E-state index contributed by atoms with van der Waals surface area (Å²) in [6.07, 6.45) is 1.78. The van der Waals surface area contributed by atoms with Crippen LogP contribution in [-0.4, -0.2) is 25.5 Å². The second-order valence-corrected chi connectivity index (χ2v) is 6.95. The van der Waals surface area contributed by atoms with Gasteiger partial charge < -0.3 is 5.32 Å². The SMILES string of the molecule is Cc1ccn(C(C)C(=O)Nc2c(C)nn(Cc3ccc(F)cc3Cl)c2C)n1. The number of nitrogens with one attached hydrogen (secondary N) is 1. The summed E-state index contributed by atoms with van der Waals surface area (Å²) in [5.74, 6) is -0.559. The predicted molar refractivity (Wildman–Crippen MR) is 103 cm³/mol. The third-order valence-corrected chi connectivity index (χ3v) is 4.83. The number of amides is 1. The van der Waals surface area contributed by atoms with E-state index in [1.54, 1.807) is 28.6 Å². The third-order valence-electron chi connectivity index (χ3n) is 4.48. The van der Waals surface area contributed by atoms with E-state index in [-0.39, 0.29) is 11.7 Å². The van der Waals surface area contributed by atoms with Crippen LogP contribution in [0.4, 0.5) is 10.1 Å². The highest BCUT2D eigenvalue weighted by atomic mass is 35.5. The number of hydrogen-bond acceptors (Lipinski definition) is 3. The highest BCUT2D eigenvalue weighted by molar-refractivity contribution is 6.31. The molecule has 0 saturated heterocycles. The Labute approximate surface area is 161 Å². The van der Waals surface area contributed by atoms with Crippen LogP contribution in [0.2, 0.25) is 5.02 Å². The molecule has 8 heteroatoms. The van der Waals surface area contributed by atoms with Gasteiger partial charge in [-0.15, -0.1) is 0 Å². The molecule has 142 valence electrons. The third kappa shape index (κ3) is 4.03. The van der Waals surface area contributed by atoms with Gasteiger partial charge in [0.25, 0.3) is 0 Å². The van der Waals surface area contributed by atoms with Crippen molar-refractivity contribution in [2.24, 2.45) is 0 Å². The largest absolute Gasteiger partial charge is 0.321 e. The number of aryl methyl sites for hydroxylation is 2. The summed E-state index contributed by atoms with van der Waals surface area (Å²) >= 11 is 6.11. The van der Waals surface area contributed by atoms with Gasteiger partial charge in [0.1, 0.15) is 11.9 Å². The molecule has 0 aliphatic heterocycles. The van der Waals surface area contributed by atoms with Crippen LogP contribution in [-0.2, 0) is 11.3 Å². The molecule has 0 spiro atoms. The highest BCUT2D eigenvalue weighted by Gasteiger charge is 2.20. The van der Waals surface area contributed by atoms with Gasteiger partial charge in [-0.25, -0.2) is 4.39 Å². The second kappa shape index (κ2) is 7.52. The minimum absolute atomic E-state index is 0.177. The van der Waals surface area contributed by atoms with Gasteiger partial charge in [0.05, 0.1) is 29.3 Å². The Hall–Kier alpha value is -2.67. The van der Waals surface area contributed by atoms with Crippen LogP contribution in [0.25, 0.3) is 0 Å². The zero-order valence-corrected chi connectivity index (χ0v) is 16.4. The maximum absolute atomic E-state index is 13.2.